The molecule has 0 radical (unpaired) electrons. The van der Waals surface area contributed by atoms with Crippen LogP contribution in [0.15, 0.2) is 34.8 Å². The summed E-state index contributed by atoms with van der Waals surface area (Å²) in [6.07, 6.45) is 0. The molecule has 1 heterocycles. The van der Waals surface area contributed by atoms with Gasteiger partial charge in [-0.2, -0.15) is 4.98 Å². The molecule has 0 aliphatic carbocycles. The Balaban J connectivity index is 2.45. The Bertz CT molecular complexity index is 663. The van der Waals surface area contributed by atoms with Crippen LogP contribution in [0.3, 0.4) is 0 Å². The number of pyridine rings is 1. The Morgan fingerprint density at radius 2 is 2.15 bits per heavy atom. The van der Waals surface area contributed by atoms with E-state index in [2.05, 4.69) is 26.3 Å². The summed E-state index contributed by atoms with van der Waals surface area (Å²) >= 11 is 3.32. The number of ether oxygens (including phenoxy) is 1. The number of hydrogen-bond acceptors (Lipinski definition) is 6. The lowest BCUT2D eigenvalue weighted by Crippen LogP contribution is -2.09. The zero-order valence-electron chi connectivity index (χ0n) is 10.5. The number of nitrogens with two attached hydrogens (primary N) is 1. The molecule has 2 aromatic rings. The summed E-state index contributed by atoms with van der Waals surface area (Å²) in [5.74, 6) is 5.88. The molecular weight excluding hydrogens is 328 g/mol. The van der Waals surface area contributed by atoms with Gasteiger partial charge in [0.15, 0.2) is 0 Å². The molecule has 0 aliphatic heterocycles. The number of nitro groups is 1. The number of hydrazine groups is 1. The molecule has 20 heavy (non-hydrogen) atoms. The number of anilines is 1. The van der Waals surface area contributed by atoms with E-state index in [-0.39, 0.29) is 17.4 Å². The van der Waals surface area contributed by atoms with Crippen LogP contribution in [-0.2, 0) is 0 Å². The highest BCUT2D eigenvalue weighted by molar-refractivity contribution is 9.10. The summed E-state index contributed by atoms with van der Waals surface area (Å²) in [5, 5.41) is 11.0. The van der Waals surface area contributed by atoms with Gasteiger partial charge in [0.1, 0.15) is 11.6 Å². The molecule has 0 saturated carbocycles. The highest BCUT2D eigenvalue weighted by atomic mass is 79.9. The minimum atomic E-state index is -0.560. The van der Waals surface area contributed by atoms with Crippen LogP contribution in [0.2, 0.25) is 0 Å². The third-order valence-corrected chi connectivity index (χ3v) is 3.03. The molecule has 0 aliphatic rings. The standard InChI is InChI=1S/C12H11BrN4O3/c1-7-2-3-8(13)6-10(7)20-12-9(17(18)19)4-5-11(15-12)16-14/h2-6H,14H2,1H3,(H,15,16). The lowest BCUT2D eigenvalue weighted by atomic mass is 10.2. The van der Waals surface area contributed by atoms with Crippen LogP contribution in [-0.4, -0.2) is 9.91 Å². The molecule has 0 unspecified atom stereocenters. The van der Waals surface area contributed by atoms with Crippen LogP contribution in [0.25, 0.3) is 0 Å². The number of aromatic nitrogens is 1. The molecule has 0 spiro atoms. The quantitative estimate of drug-likeness (QED) is 0.504. The summed E-state index contributed by atoms with van der Waals surface area (Å²) in [6.45, 7) is 1.83. The number of aryl methyl sites for hydroxylation is 1. The Morgan fingerprint density at radius 3 is 2.80 bits per heavy atom. The fraction of sp³-hybridized carbons (Fsp3) is 0.0833. The van der Waals surface area contributed by atoms with E-state index >= 15 is 0 Å². The van der Waals surface area contributed by atoms with E-state index in [9.17, 15) is 10.1 Å². The van der Waals surface area contributed by atoms with Gasteiger partial charge in [-0.25, -0.2) is 5.84 Å². The number of rotatable bonds is 4. The zero-order chi connectivity index (χ0) is 14.7. The van der Waals surface area contributed by atoms with Gasteiger partial charge in [-0.05, 0) is 30.7 Å². The fourth-order valence-corrected chi connectivity index (χ4v) is 1.86. The first-order valence-corrected chi connectivity index (χ1v) is 6.36. The molecule has 1 aromatic heterocycles. The summed E-state index contributed by atoms with van der Waals surface area (Å²) in [7, 11) is 0. The van der Waals surface area contributed by atoms with Gasteiger partial charge in [-0.15, -0.1) is 0 Å². The van der Waals surface area contributed by atoms with E-state index in [4.69, 9.17) is 10.6 Å². The van der Waals surface area contributed by atoms with Gasteiger partial charge in [-0.1, -0.05) is 22.0 Å². The predicted octanol–water partition coefficient (Wildman–Crippen LogP) is 3.14. The van der Waals surface area contributed by atoms with E-state index < -0.39 is 4.92 Å². The number of nitrogens with one attached hydrogen (secondary N) is 1. The number of benzene rings is 1. The second-order valence-corrected chi connectivity index (χ2v) is 4.85. The molecule has 0 bridgehead atoms. The summed E-state index contributed by atoms with van der Waals surface area (Å²) in [4.78, 5) is 14.4. The molecule has 8 heteroatoms. The van der Waals surface area contributed by atoms with Gasteiger partial charge < -0.3 is 10.2 Å². The van der Waals surface area contributed by atoms with Gasteiger partial charge in [0, 0.05) is 10.5 Å². The summed E-state index contributed by atoms with van der Waals surface area (Å²) < 4.78 is 6.35. The lowest BCUT2D eigenvalue weighted by Gasteiger charge is -2.09. The van der Waals surface area contributed by atoms with Crippen molar-refractivity contribution in [2.75, 3.05) is 5.43 Å². The van der Waals surface area contributed by atoms with E-state index in [0.717, 1.165) is 10.0 Å². The van der Waals surface area contributed by atoms with Crippen molar-refractivity contribution in [2.45, 2.75) is 6.92 Å². The van der Waals surface area contributed by atoms with Crippen molar-refractivity contribution in [3.63, 3.8) is 0 Å². The first kappa shape index (κ1) is 14.2. The minimum Gasteiger partial charge on any atom is -0.433 e. The number of halogens is 1. The predicted molar refractivity (Wildman–Crippen MR) is 77.7 cm³/mol. The molecule has 0 amide bonds. The highest BCUT2D eigenvalue weighted by Gasteiger charge is 2.19. The van der Waals surface area contributed by atoms with Crippen LogP contribution in [0.5, 0.6) is 11.6 Å². The highest BCUT2D eigenvalue weighted by Crippen LogP contribution is 2.33. The third-order valence-electron chi connectivity index (χ3n) is 2.54. The average Bonchev–Trinajstić information content (AvgIpc) is 2.42. The topological polar surface area (TPSA) is 103 Å². The largest absolute Gasteiger partial charge is 0.433 e. The molecule has 3 N–H and O–H groups in total. The minimum absolute atomic E-state index is 0.119. The third kappa shape index (κ3) is 3.03. The van der Waals surface area contributed by atoms with Crippen molar-refractivity contribution in [1.29, 1.82) is 0 Å². The smallest absolute Gasteiger partial charge is 0.331 e. The van der Waals surface area contributed by atoms with Crippen molar-refractivity contribution in [2.24, 2.45) is 5.84 Å². The van der Waals surface area contributed by atoms with E-state index in [1.165, 1.54) is 12.1 Å². The normalized spacial score (nSPS) is 10.2. The molecule has 0 saturated heterocycles. The summed E-state index contributed by atoms with van der Waals surface area (Å²) in [6, 6.07) is 8.07. The van der Waals surface area contributed by atoms with Crippen molar-refractivity contribution < 1.29 is 9.66 Å². The van der Waals surface area contributed by atoms with Crippen LogP contribution in [0.4, 0.5) is 11.5 Å². The van der Waals surface area contributed by atoms with E-state index in [1.807, 2.05) is 19.1 Å². The maximum atomic E-state index is 11.0. The maximum absolute atomic E-state index is 11.0. The molecule has 0 fully saturated rings. The van der Waals surface area contributed by atoms with Crippen LogP contribution in [0, 0.1) is 17.0 Å². The number of nitrogen functional groups attached to an aromatic ring is 1. The molecule has 104 valence electrons. The molecule has 7 nitrogen and oxygen atoms in total. The van der Waals surface area contributed by atoms with Crippen molar-refractivity contribution in [3.8, 4) is 11.6 Å². The summed E-state index contributed by atoms with van der Waals surface area (Å²) in [5.41, 5.74) is 2.92. The van der Waals surface area contributed by atoms with Gasteiger partial charge in [0.2, 0.25) is 0 Å². The van der Waals surface area contributed by atoms with E-state index in [1.54, 1.807) is 6.07 Å². The van der Waals surface area contributed by atoms with Crippen molar-refractivity contribution in [1.82, 2.24) is 4.98 Å². The molecular formula is C12H11BrN4O3. The van der Waals surface area contributed by atoms with Crippen molar-refractivity contribution >= 4 is 27.4 Å². The Morgan fingerprint density at radius 1 is 1.40 bits per heavy atom. The van der Waals surface area contributed by atoms with Gasteiger partial charge in [0.05, 0.1) is 4.92 Å². The molecule has 0 atom stereocenters. The molecule has 2 rings (SSSR count). The number of nitrogens with zero attached hydrogens (tertiary/aromatic N) is 2. The molecule has 1 aromatic carbocycles. The second-order valence-electron chi connectivity index (χ2n) is 3.93. The Hall–Kier alpha value is -2.19. The van der Waals surface area contributed by atoms with Crippen LogP contribution < -0.4 is 16.0 Å². The first-order valence-electron chi connectivity index (χ1n) is 5.57. The monoisotopic (exact) mass is 338 g/mol. The maximum Gasteiger partial charge on any atom is 0.331 e. The van der Waals surface area contributed by atoms with Crippen LogP contribution >= 0.6 is 15.9 Å². The Kier molecular flexibility index (Phi) is 4.16. The first-order chi connectivity index (χ1) is 9.51. The van der Waals surface area contributed by atoms with Gasteiger partial charge >= 0.3 is 11.6 Å². The van der Waals surface area contributed by atoms with Gasteiger partial charge in [-0.3, -0.25) is 10.1 Å². The fourth-order valence-electron chi connectivity index (χ4n) is 1.52. The van der Waals surface area contributed by atoms with E-state index in [0.29, 0.717) is 5.75 Å². The lowest BCUT2D eigenvalue weighted by molar-refractivity contribution is -0.386. The zero-order valence-corrected chi connectivity index (χ0v) is 12.0. The SMILES string of the molecule is Cc1ccc(Br)cc1Oc1nc(NN)ccc1[N+](=O)[O-]. The average molecular weight is 339 g/mol. The van der Waals surface area contributed by atoms with Gasteiger partial charge in [0.25, 0.3) is 0 Å². The Labute approximate surface area is 123 Å². The van der Waals surface area contributed by atoms with Crippen LogP contribution in [0.1, 0.15) is 5.56 Å². The number of hydrogen-bond donors (Lipinski definition) is 2. The van der Waals surface area contributed by atoms with Crippen molar-refractivity contribution in [3.05, 3.63) is 50.5 Å². The second kappa shape index (κ2) is 5.85.